The van der Waals surface area contributed by atoms with Gasteiger partial charge in [0.2, 0.25) is 11.8 Å². The van der Waals surface area contributed by atoms with Crippen molar-refractivity contribution in [1.82, 2.24) is 10.6 Å². The van der Waals surface area contributed by atoms with E-state index in [4.69, 9.17) is 23.2 Å². The van der Waals surface area contributed by atoms with E-state index < -0.39 is 0 Å². The Bertz CT molecular complexity index is 534. The van der Waals surface area contributed by atoms with Gasteiger partial charge >= 0.3 is 0 Å². The molecule has 1 saturated carbocycles. The zero-order valence-corrected chi connectivity index (χ0v) is 12.2. The Morgan fingerprint density at radius 2 is 1.90 bits per heavy atom. The molecule has 0 unspecified atom stereocenters. The zero-order chi connectivity index (χ0) is 14.5. The molecule has 0 aliphatic heterocycles. The van der Waals surface area contributed by atoms with Crippen LogP contribution in [-0.4, -0.2) is 24.4 Å². The van der Waals surface area contributed by atoms with E-state index in [-0.39, 0.29) is 24.4 Å². The lowest BCUT2D eigenvalue weighted by Gasteiger charge is -2.04. The average Bonchev–Trinajstić information content (AvgIpc) is 3.19. The van der Waals surface area contributed by atoms with Gasteiger partial charge < -0.3 is 10.6 Å². The fraction of sp³-hybridized carbons (Fsp3) is 0.286. The van der Waals surface area contributed by atoms with Gasteiger partial charge in [0, 0.05) is 27.7 Å². The normalized spacial score (nSPS) is 14.3. The predicted molar refractivity (Wildman–Crippen MR) is 79.7 cm³/mol. The highest BCUT2D eigenvalue weighted by molar-refractivity contribution is 6.37. The molecule has 106 valence electrons. The van der Waals surface area contributed by atoms with Gasteiger partial charge in [-0.25, -0.2) is 0 Å². The molecule has 1 aliphatic rings. The zero-order valence-electron chi connectivity index (χ0n) is 10.7. The summed E-state index contributed by atoms with van der Waals surface area (Å²) in [6.07, 6.45) is 4.87. The van der Waals surface area contributed by atoms with Crippen LogP contribution in [-0.2, 0) is 9.59 Å². The molecule has 1 aromatic carbocycles. The van der Waals surface area contributed by atoms with Crippen LogP contribution in [0, 0.1) is 0 Å². The van der Waals surface area contributed by atoms with Crippen LogP contribution in [0.3, 0.4) is 0 Å². The fourth-order valence-electron chi connectivity index (χ4n) is 1.56. The van der Waals surface area contributed by atoms with Crippen molar-refractivity contribution in [1.29, 1.82) is 0 Å². The number of benzene rings is 1. The molecule has 0 spiro atoms. The third-order valence-electron chi connectivity index (χ3n) is 2.77. The van der Waals surface area contributed by atoms with E-state index in [1.807, 2.05) is 0 Å². The van der Waals surface area contributed by atoms with Gasteiger partial charge in [-0.3, -0.25) is 9.59 Å². The van der Waals surface area contributed by atoms with Crippen molar-refractivity contribution in [3.8, 4) is 0 Å². The molecule has 0 bridgehead atoms. The number of amides is 2. The number of halogens is 2. The smallest absolute Gasteiger partial charge is 0.244 e. The highest BCUT2D eigenvalue weighted by Gasteiger charge is 2.22. The summed E-state index contributed by atoms with van der Waals surface area (Å²) in [6, 6.07) is 5.39. The number of rotatable bonds is 5. The first-order valence-corrected chi connectivity index (χ1v) is 7.01. The van der Waals surface area contributed by atoms with Gasteiger partial charge in [-0.1, -0.05) is 29.3 Å². The van der Waals surface area contributed by atoms with E-state index in [0.29, 0.717) is 15.6 Å². The van der Waals surface area contributed by atoms with Crippen LogP contribution in [0.5, 0.6) is 0 Å². The summed E-state index contributed by atoms with van der Waals surface area (Å²) in [5.41, 5.74) is 0.577. The maximum Gasteiger partial charge on any atom is 0.244 e. The first-order chi connectivity index (χ1) is 9.56. The van der Waals surface area contributed by atoms with Crippen molar-refractivity contribution in [2.75, 3.05) is 6.54 Å². The number of nitrogens with one attached hydrogen (secondary N) is 2. The van der Waals surface area contributed by atoms with Crippen LogP contribution < -0.4 is 10.6 Å². The Morgan fingerprint density at radius 3 is 2.50 bits per heavy atom. The monoisotopic (exact) mass is 312 g/mol. The summed E-state index contributed by atoms with van der Waals surface area (Å²) >= 11 is 11.9. The maximum absolute atomic E-state index is 11.6. The van der Waals surface area contributed by atoms with Gasteiger partial charge in [0.25, 0.3) is 0 Å². The van der Waals surface area contributed by atoms with Gasteiger partial charge in [-0.05, 0) is 31.1 Å². The molecule has 0 atom stereocenters. The largest absolute Gasteiger partial charge is 0.352 e. The minimum atomic E-state index is -0.369. The average molecular weight is 313 g/mol. The summed E-state index contributed by atoms with van der Waals surface area (Å²) < 4.78 is 0. The van der Waals surface area contributed by atoms with E-state index >= 15 is 0 Å². The van der Waals surface area contributed by atoms with Gasteiger partial charge in [-0.2, -0.15) is 0 Å². The summed E-state index contributed by atoms with van der Waals surface area (Å²) in [4.78, 5) is 23.0. The molecule has 2 amide bonds. The lowest BCUT2D eigenvalue weighted by Crippen LogP contribution is -2.37. The molecule has 0 radical (unpaired) electrons. The minimum absolute atomic E-state index is 0.0318. The Balaban J connectivity index is 1.84. The van der Waals surface area contributed by atoms with Crippen molar-refractivity contribution >= 4 is 41.1 Å². The van der Waals surface area contributed by atoms with Crippen LogP contribution in [0.25, 0.3) is 6.08 Å². The Hall–Kier alpha value is -1.52. The van der Waals surface area contributed by atoms with E-state index in [1.54, 1.807) is 18.2 Å². The minimum Gasteiger partial charge on any atom is -0.352 e. The van der Waals surface area contributed by atoms with Crippen molar-refractivity contribution in [2.24, 2.45) is 0 Å². The molecule has 6 heteroatoms. The lowest BCUT2D eigenvalue weighted by molar-refractivity contribution is -0.124. The first-order valence-electron chi connectivity index (χ1n) is 6.25. The SMILES string of the molecule is O=C(/C=C/c1c(Cl)cccc1Cl)NCC(=O)NC1CC1. The van der Waals surface area contributed by atoms with Crippen LogP contribution in [0.4, 0.5) is 0 Å². The van der Waals surface area contributed by atoms with E-state index in [2.05, 4.69) is 10.6 Å². The molecule has 1 aliphatic carbocycles. The second-order valence-corrected chi connectivity index (χ2v) is 5.34. The molecule has 2 rings (SSSR count). The molecule has 0 aromatic heterocycles. The molecule has 2 N–H and O–H groups in total. The Kier molecular flexibility index (Phi) is 5.04. The third kappa shape index (κ3) is 4.54. The predicted octanol–water partition coefficient (Wildman–Crippen LogP) is 2.40. The molecular weight excluding hydrogens is 299 g/mol. The molecule has 4 nitrogen and oxygen atoms in total. The summed E-state index contributed by atoms with van der Waals surface area (Å²) in [5, 5.41) is 6.21. The molecular formula is C14H14Cl2N2O2. The summed E-state index contributed by atoms with van der Waals surface area (Å²) in [5.74, 6) is -0.544. The topological polar surface area (TPSA) is 58.2 Å². The van der Waals surface area contributed by atoms with E-state index in [0.717, 1.165) is 12.8 Å². The lowest BCUT2D eigenvalue weighted by atomic mass is 10.2. The number of hydrogen-bond acceptors (Lipinski definition) is 2. The third-order valence-corrected chi connectivity index (χ3v) is 3.43. The van der Waals surface area contributed by atoms with Crippen molar-refractivity contribution in [3.63, 3.8) is 0 Å². The van der Waals surface area contributed by atoms with Gasteiger partial charge in [0.05, 0.1) is 6.54 Å². The molecule has 0 heterocycles. The fourth-order valence-corrected chi connectivity index (χ4v) is 2.09. The number of carbonyl (C=O) groups excluding carboxylic acids is 2. The van der Waals surface area contributed by atoms with Crippen LogP contribution >= 0.6 is 23.2 Å². The highest BCUT2D eigenvalue weighted by atomic mass is 35.5. The molecule has 1 fully saturated rings. The first kappa shape index (κ1) is 14.9. The van der Waals surface area contributed by atoms with Crippen molar-refractivity contribution in [3.05, 3.63) is 39.9 Å². The van der Waals surface area contributed by atoms with Crippen molar-refractivity contribution in [2.45, 2.75) is 18.9 Å². The Labute approximate surface area is 127 Å². The number of carbonyl (C=O) groups is 2. The van der Waals surface area contributed by atoms with Crippen LogP contribution in [0.2, 0.25) is 10.0 Å². The van der Waals surface area contributed by atoms with Gasteiger partial charge in [-0.15, -0.1) is 0 Å². The molecule has 0 saturated heterocycles. The second kappa shape index (κ2) is 6.77. The Morgan fingerprint density at radius 1 is 1.25 bits per heavy atom. The van der Waals surface area contributed by atoms with E-state index in [9.17, 15) is 9.59 Å². The highest BCUT2D eigenvalue weighted by Crippen LogP contribution is 2.25. The quantitative estimate of drug-likeness (QED) is 0.820. The van der Waals surface area contributed by atoms with Gasteiger partial charge in [0.15, 0.2) is 0 Å². The maximum atomic E-state index is 11.6. The number of hydrogen-bond donors (Lipinski definition) is 2. The van der Waals surface area contributed by atoms with Crippen molar-refractivity contribution < 1.29 is 9.59 Å². The molecule has 20 heavy (non-hydrogen) atoms. The summed E-state index contributed by atoms with van der Waals surface area (Å²) in [6.45, 7) is -0.0318. The van der Waals surface area contributed by atoms with E-state index in [1.165, 1.54) is 12.2 Å². The summed E-state index contributed by atoms with van der Waals surface area (Å²) in [7, 11) is 0. The standard InChI is InChI=1S/C14H14Cl2N2O2/c15-11-2-1-3-12(16)10(11)6-7-13(19)17-8-14(20)18-9-4-5-9/h1-3,6-7,9H,4-5,8H2,(H,17,19)(H,18,20)/b7-6+. The van der Waals surface area contributed by atoms with Crippen LogP contribution in [0.1, 0.15) is 18.4 Å². The molecule has 1 aromatic rings. The van der Waals surface area contributed by atoms with Gasteiger partial charge in [0.1, 0.15) is 0 Å². The second-order valence-electron chi connectivity index (χ2n) is 4.53. The van der Waals surface area contributed by atoms with Crippen LogP contribution in [0.15, 0.2) is 24.3 Å².